The number of methoxy groups -OCH3 is 1. The summed E-state index contributed by atoms with van der Waals surface area (Å²) >= 11 is 0. The predicted molar refractivity (Wildman–Crippen MR) is 75.9 cm³/mol. The molecule has 1 fully saturated rings. The third kappa shape index (κ3) is 2.76. The highest BCUT2D eigenvalue weighted by molar-refractivity contribution is 6.12. The van der Waals surface area contributed by atoms with E-state index in [1.165, 1.54) is 25.3 Å². The molecule has 7 heteroatoms. The minimum atomic E-state index is -1.08. The van der Waals surface area contributed by atoms with E-state index in [1.807, 2.05) is 0 Å². The Labute approximate surface area is 121 Å². The summed E-state index contributed by atoms with van der Waals surface area (Å²) in [6.45, 7) is 0. The van der Waals surface area contributed by atoms with E-state index in [0.717, 1.165) is 12.8 Å². The van der Waals surface area contributed by atoms with Gasteiger partial charge in [-0.2, -0.15) is 0 Å². The van der Waals surface area contributed by atoms with Crippen molar-refractivity contribution >= 4 is 17.4 Å². The van der Waals surface area contributed by atoms with Crippen LogP contribution >= 0.6 is 0 Å². The van der Waals surface area contributed by atoms with Gasteiger partial charge in [-0.3, -0.25) is 4.79 Å². The van der Waals surface area contributed by atoms with E-state index in [4.69, 9.17) is 15.7 Å². The van der Waals surface area contributed by atoms with Crippen LogP contribution in [-0.2, 0) is 4.79 Å². The lowest BCUT2D eigenvalue weighted by Gasteiger charge is -2.26. The highest BCUT2D eigenvalue weighted by Gasteiger charge is 2.45. The third-order valence-electron chi connectivity index (χ3n) is 3.91. The Balaban J connectivity index is 2.28. The first-order valence-corrected chi connectivity index (χ1v) is 6.66. The first-order valence-electron chi connectivity index (χ1n) is 6.66. The summed E-state index contributed by atoms with van der Waals surface area (Å²) in [5.74, 6) is -0.754. The van der Waals surface area contributed by atoms with Crippen molar-refractivity contribution in [3.8, 4) is 5.75 Å². The lowest BCUT2D eigenvalue weighted by atomic mass is 9.83. The van der Waals surface area contributed by atoms with Gasteiger partial charge in [-0.15, -0.1) is 0 Å². The molecule has 4 N–H and O–H groups in total. The molecule has 21 heavy (non-hydrogen) atoms. The van der Waals surface area contributed by atoms with Crippen LogP contribution in [0.15, 0.2) is 23.4 Å². The summed E-state index contributed by atoms with van der Waals surface area (Å²) in [7, 11) is 1.45. The molecular formula is C14H18FN3O3. The molecule has 0 aliphatic heterocycles. The number of nitrogens with one attached hydrogen (secondary N) is 1. The number of nitrogens with zero attached hydrogens (tertiary/aromatic N) is 1. The standard InChI is InChI=1S/C14H18FN3O3/c1-21-9-4-5-10(15)11(8-9)17-13(19)14(12(16)18-20)6-2-3-7-14/h4-5,8,20H,2-3,6-7H2,1H3,(H2,16,18)(H,17,19). The third-order valence-corrected chi connectivity index (χ3v) is 3.91. The van der Waals surface area contributed by atoms with Crippen LogP contribution < -0.4 is 15.8 Å². The highest BCUT2D eigenvalue weighted by Crippen LogP contribution is 2.39. The molecule has 2 rings (SSSR count). The van der Waals surface area contributed by atoms with Crippen LogP contribution in [0.1, 0.15) is 25.7 Å². The van der Waals surface area contributed by atoms with Crippen LogP contribution in [0.25, 0.3) is 0 Å². The number of benzene rings is 1. The number of amides is 1. The SMILES string of the molecule is COc1ccc(F)c(NC(=O)C2(/C(N)=N/O)CCCC2)c1. The van der Waals surface area contributed by atoms with Gasteiger partial charge in [0.15, 0.2) is 5.84 Å². The van der Waals surface area contributed by atoms with Gasteiger partial charge in [0, 0.05) is 6.07 Å². The molecule has 0 unspecified atom stereocenters. The molecule has 0 spiro atoms. The normalized spacial score (nSPS) is 17.5. The second-order valence-corrected chi connectivity index (χ2v) is 5.07. The molecule has 0 aromatic heterocycles. The number of ether oxygens (including phenoxy) is 1. The molecule has 1 aromatic rings. The monoisotopic (exact) mass is 295 g/mol. The zero-order valence-electron chi connectivity index (χ0n) is 11.7. The molecule has 0 atom stereocenters. The lowest BCUT2D eigenvalue weighted by Crippen LogP contribution is -2.45. The second kappa shape index (κ2) is 5.99. The van der Waals surface area contributed by atoms with E-state index in [2.05, 4.69) is 10.5 Å². The maximum absolute atomic E-state index is 13.8. The topological polar surface area (TPSA) is 96.9 Å². The summed E-state index contributed by atoms with van der Waals surface area (Å²) in [4.78, 5) is 12.5. The van der Waals surface area contributed by atoms with Gasteiger partial charge in [0.25, 0.3) is 0 Å². The summed E-state index contributed by atoms with van der Waals surface area (Å²) < 4.78 is 18.8. The maximum Gasteiger partial charge on any atom is 0.238 e. The average molecular weight is 295 g/mol. The summed E-state index contributed by atoms with van der Waals surface area (Å²) in [6.07, 6.45) is 2.54. The van der Waals surface area contributed by atoms with Gasteiger partial charge in [-0.1, -0.05) is 18.0 Å². The maximum atomic E-state index is 13.8. The molecule has 1 aliphatic rings. The van der Waals surface area contributed by atoms with Crippen molar-refractivity contribution in [2.24, 2.45) is 16.3 Å². The van der Waals surface area contributed by atoms with Gasteiger partial charge in [-0.25, -0.2) is 4.39 Å². The Morgan fingerprint density at radius 1 is 1.48 bits per heavy atom. The number of hydrogen-bond donors (Lipinski definition) is 3. The smallest absolute Gasteiger partial charge is 0.238 e. The summed E-state index contributed by atoms with van der Waals surface area (Å²) in [5, 5.41) is 14.4. The molecular weight excluding hydrogens is 277 g/mol. The zero-order valence-corrected chi connectivity index (χ0v) is 11.7. The molecule has 6 nitrogen and oxygen atoms in total. The minimum absolute atomic E-state index is 0.0105. The molecule has 114 valence electrons. The van der Waals surface area contributed by atoms with Crippen molar-refractivity contribution in [3.63, 3.8) is 0 Å². The van der Waals surface area contributed by atoms with Crippen molar-refractivity contribution in [2.45, 2.75) is 25.7 Å². The zero-order chi connectivity index (χ0) is 15.5. The molecule has 1 saturated carbocycles. The summed E-state index contributed by atoms with van der Waals surface area (Å²) in [6, 6.07) is 4.06. The van der Waals surface area contributed by atoms with Gasteiger partial charge >= 0.3 is 0 Å². The Morgan fingerprint density at radius 2 is 2.14 bits per heavy atom. The quantitative estimate of drug-likeness (QED) is 0.343. The number of hydrogen-bond acceptors (Lipinski definition) is 4. The van der Waals surface area contributed by atoms with E-state index in [0.29, 0.717) is 18.6 Å². The largest absolute Gasteiger partial charge is 0.497 e. The molecule has 1 aromatic carbocycles. The Bertz CT molecular complexity index is 569. The van der Waals surface area contributed by atoms with Crippen molar-refractivity contribution in [3.05, 3.63) is 24.0 Å². The van der Waals surface area contributed by atoms with Crippen molar-refractivity contribution < 1.29 is 19.1 Å². The first kappa shape index (κ1) is 15.1. The number of anilines is 1. The number of amidine groups is 1. The fourth-order valence-electron chi connectivity index (χ4n) is 2.64. The fraction of sp³-hybridized carbons (Fsp3) is 0.429. The number of carbonyl (C=O) groups excluding carboxylic acids is 1. The van der Waals surface area contributed by atoms with Gasteiger partial charge < -0.3 is 21.0 Å². The van der Waals surface area contributed by atoms with E-state index < -0.39 is 17.1 Å². The highest BCUT2D eigenvalue weighted by atomic mass is 19.1. The van der Waals surface area contributed by atoms with Crippen LogP contribution in [0.3, 0.4) is 0 Å². The van der Waals surface area contributed by atoms with Crippen molar-refractivity contribution in [1.29, 1.82) is 0 Å². The molecule has 0 bridgehead atoms. The van der Waals surface area contributed by atoms with E-state index in [1.54, 1.807) is 0 Å². The van der Waals surface area contributed by atoms with E-state index in [9.17, 15) is 9.18 Å². The number of carbonyl (C=O) groups is 1. The Morgan fingerprint density at radius 3 is 2.71 bits per heavy atom. The number of nitrogens with two attached hydrogens (primary N) is 1. The van der Waals surface area contributed by atoms with Gasteiger partial charge in [0.1, 0.15) is 17.0 Å². The fourth-order valence-corrected chi connectivity index (χ4v) is 2.64. The van der Waals surface area contributed by atoms with E-state index >= 15 is 0 Å². The molecule has 0 saturated heterocycles. The number of halogens is 1. The van der Waals surface area contributed by atoms with Crippen molar-refractivity contribution in [2.75, 3.05) is 12.4 Å². The predicted octanol–water partition coefficient (Wildman–Crippen LogP) is 2.08. The van der Waals surface area contributed by atoms with Crippen LogP contribution in [0.5, 0.6) is 5.75 Å². The molecule has 1 amide bonds. The van der Waals surface area contributed by atoms with Gasteiger partial charge in [0.05, 0.1) is 12.8 Å². The van der Waals surface area contributed by atoms with Crippen LogP contribution in [0.2, 0.25) is 0 Å². The number of oxime groups is 1. The minimum Gasteiger partial charge on any atom is -0.497 e. The van der Waals surface area contributed by atoms with E-state index in [-0.39, 0.29) is 11.5 Å². The number of rotatable bonds is 4. The molecule has 0 radical (unpaired) electrons. The second-order valence-electron chi connectivity index (χ2n) is 5.07. The van der Waals surface area contributed by atoms with Crippen LogP contribution in [0.4, 0.5) is 10.1 Å². The molecule has 1 aliphatic carbocycles. The summed E-state index contributed by atoms with van der Waals surface area (Å²) in [5.41, 5.74) is 4.61. The van der Waals surface area contributed by atoms with Gasteiger partial charge in [-0.05, 0) is 25.0 Å². The van der Waals surface area contributed by atoms with Crippen LogP contribution in [-0.4, -0.2) is 24.1 Å². The van der Waals surface area contributed by atoms with Gasteiger partial charge in [0.2, 0.25) is 5.91 Å². The lowest BCUT2D eigenvalue weighted by molar-refractivity contribution is -0.122. The Hall–Kier alpha value is -2.31. The first-order chi connectivity index (χ1) is 10.0. The Kier molecular flexibility index (Phi) is 4.30. The molecule has 0 heterocycles. The average Bonchev–Trinajstić information content (AvgIpc) is 2.99. The van der Waals surface area contributed by atoms with Crippen molar-refractivity contribution in [1.82, 2.24) is 0 Å². The van der Waals surface area contributed by atoms with Crippen LogP contribution in [0, 0.1) is 11.2 Å².